The van der Waals surface area contributed by atoms with E-state index in [-0.39, 0.29) is 0 Å². The Hall–Kier alpha value is -2.11. The lowest BCUT2D eigenvalue weighted by Gasteiger charge is -2.27. The summed E-state index contributed by atoms with van der Waals surface area (Å²) in [7, 11) is -1.74. The summed E-state index contributed by atoms with van der Waals surface area (Å²) >= 11 is 0. The first-order chi connectivity index (χ1) is 12.0. The number of rotatable bonds is 4. The summed E-state index contributed by atoms with van der Waals surface area (Å²) in [4.78, 5) is 0.376. The monoisotopic (exact) mass is 357 g/mol. The molecule has 0 spiro atoms. The van der Waals surface area contributed by atoms with E-state index in [0.29, 0.717) is 18.0 Å². The maximum absolute atomic E-state index is 12.7. The molecule has 1 aliphatic rings. The molecule has 0 atom stereocenters. The third kappa shape index (κ3) is 4.11. The number of hydrogen-bond acceptors (Lipinski definition) is 3. The van der Waals surface area contributed by atoms with Crippen molar-refractivity contribution in [3.05, 3.63) is 65.2 Å². The fraction of sp³-hybridized carbons (Fsp3) is 0.300. The summed E-state index contributed by atoms with van der Waals surface area (Å²) in [6, 6.07) is 15.0. The second kappa shape index (κ2) is 7.42. The Morgan fingerprint density at radius 2 is 1.56 bits per heavy atom. The molecule has 1 fully saturated rings. The predicted molar refractivity (Wildman–Crippen MR) is 100 cm³/mol. The highest BCUT2D eigenvalue weighted by Gasteiger charge is 2.27. The van der Waals surface area contributed by atoms with Gasteiger partial charge in [0.2, 0.25) is 10.0 Å². The summed E-state index contributed by atoms with van der Waals surface area (Å²) in [5, 5.41) is 0. The van der Waals surface area contributed by atoms with Crippen LogP contribution in [0.4, 0.5) is 0 Å². The molecule has 2 aromatic rings. The highest BCUT2D eigenvalue weighted by atomic mass is 32.2. The summed E-state index contributed by atoms with van der Waals surface area (Å²) in [5.74, 6) is 0.834. The van der Waals surface area contributed by atoms with E-state index in [9.17, 15) is 8.42 Å². The van der Waals surface area contributed by atoms with Crippen LogP contribution in [0.1, 0.15) is 24.0 Å². The van der Waals surface area contributed by atoms with Crippen molar-refractivity contribution in [1.29, 1.82) is 0 Å². The van der Waals surface area contributed by atoms with E-state index in [1.807, 2.05) is 43.3 Å². The molecule has 0 bridgehead atoms. The molecule has 0 unspecified atom stereocenters. The fourth-order valence-electron chi connectivity index (χ4n) is 2.95. The van der Waals surface area contributed by atoms with Crippen LogP contribution in [0.2, 0.25) is 0 Å². The third-order valence-corrected chi connectivity index (χ3v) is 6.42. The molecular weight excluding hydrogens is 334 g/mol. The standard InChI is InChI=1S/C20H23NO3S/c1-16-3-9-20(10-4-16)25(22,23)21-13-11-18(12-14-21)15-17-5-7-19(24-2)8-6-17/h3-10,15H,11-14H2,1-2H3. The van der Waals surface area contributed by atoms with Crippen LogP contribution in [0.15, 0.2) is 59.0 Å². The van der Waals surface area contributed by atoms with Gasteiger partial charge < -0.3 is 4.74 Å². The van der Waals surface area contributed by atoms with Crippen molar-refractivity contribution in [2.75, 3.05) is 20.2 Å². The second-order valence-corrected chi connectivity index (χ2v) is 8.23. The van der Waals surface area contributed by atoms with Crippen LogP contribution in [0, 0.1) is 6.92 Å². The Morgan fingerprint density at radius 3 is 2.12 bits per heavy atom. The normalized spacial score (nSPS) is 15.8. The molecule has 132 valence electrons. The molecule has 0 radical (unpaired) electrons. The number of sulfonamides is 1. The largest absolute Gasteiger partial charge is 0.497 e. The Kier molecular flexibility index (Phi) is 5.25. The molecule has 0 aliphatic carbocycles. The molecule has 0 aromatic heterocycles. The maximum atomic E-state index is 12.7. The van der Waals surface area contributed by atoms with E-state index in [2.05, 4.69) is 6.08 Å². The van der Waals surface area contributed by atoms with E-state index in [0.717, 1.165) is 29.7 Å². The van der Waals surface area contributed by atoms with Crippen molar-refractivity contribution in [2.45, 2.75) is 24.7 Å². The van der Waals surface area contributed by atoms with Crippen LogP contribution < -0.4 is 4.74 Å². The molecule has 1 heterocycles. The van der Waals surface area contributed by atoms with Gasteiger partial charge in [0.25, 0.3) is 0 Å². The van der Waals surface area contributed by atoms with Crippen molar-refractivity contribution < 1.29 is 13.2 Å². The zero-order valence-electron chi connectivity index (χ0n) is 14.6. The molecule has 0 N–H and O–H groups in total. The number of hydrogen-bond donors (Lipinski definition) is 0. The molecule has 1 aliphatic heterocycles. The molecule has 5 heteroatoms. The average Bonchev–Trinajstić information content (AvgIpc) is 2.63. The van der Waals surface area contributed by atoms with Gasteiger partial charge in [-0.1, -0.05) is 41.5 Å². The molecule has 1 saturated heterocycles. The minimum Gasteiger partial charge on any atom is -0.497 e. The van der Waals surface area contributed by atoms with Gasteiger partial charge in [-0.05, 0) is 49.6 Å². The summed E-state index contributed by atoms with van der Waals surface area (Å²) in [6.45, 7) is 3.00. The number of ether oxygens (including phenoxy) is 1. The lowest BCUT2D eigenvalue weighted by atomic mass is 10.0. The van der Waals surface area contributed by atoms with Gasteiger partial charge in [-0.15, -0.1) is 0 Å². The molecule has 3 rings (SSSR count). The van der Waals surface area contributed by atoms with Gasteiger partial charge in [-0.2, -0.15) is 4.31 Å². The van der Waals surface area contributed by atoms with Crippen LogP contribution in [0.25, 0.3) is 6.08 Å². The zero-order chi connectivity index (χ0) is 17.9. The van der Waals surface area contributed by atoms with E-state index < -0.39 is 10.0 Å². The van der Waals surface area contributed by atoms with Gasteiger partial charge >= 0.3 is 0 Å². The van der Waals surface area contributed by atoms with Crippen LogP contribution in [0.3, 0.4) is 0 Å². The van der Waals surface area contributed by atoms with Gasteiger partial charge in [-0.3, -0.25) is 0 Å². The minimum absolute atomic E-state index is 0.376. The smallest absolute Gasteiger partial charge is 0.243 e. The third-order valence-electron chi connectivity index (χ3n) is 4.51. The molecule has 0 amide bonds. The van der Waals surface area contributed by atoms with E-state index in [1.165, 1.54) is 5.57 Å². The van der Waals surface area contributed by atoms with Gasteiger partial charge in [0.05, 0.1) is 12.0 Å². The van der Waals surface area contributed by atoms with Crippen molar-refractivity contribution in [3.63, 3.8) is 0 Å². The van der Waals surface area contributed by atoms with Crippen molar-refractivity contribution in [1.82, 2.24) is 4.31 Å². The number of nitrogens with zero attached hydrogens (tertiary/aromatic N) is 1. The first-order valence-corrected chi connectivity index (χ1v) is 9.83. The van der Waals surface area contributed by atoms with Crippen LogP contribution in [0.5, 0.6) is 5.75 Å². The predicted octanol–water partition coefficient (Wildman–Crippen LogP) is 3.87. The van der Waals surface area contributed by atoms with Gasteiger partial charge in [0.1, 0.15) is 5.75 Å². The number of methoxy groups -OCH3 is 1. The zero-order valence-corrected chi connectivity index (χ0v) is 15.4. The second-order valence-electron chi connectivity index (χ2n) is 6.29. The molecular formula is C20H23NO3S. The Bertz CT molecular complexity index is 843. The SMILES string of the molecule is COc1ccc(C=C2CCN(S(=O)(=O)c3ccc(C)cc3)CC2)cc1. The average molecular weight is 357 g/mol. The lowest BCUT2D eigenvalue weighted by molar-refractivity contribution is 0.388. The number of aryl methyl sites for hydroxylation is 1. The van der Waals surface area contributed by atoms with Crippen LogP contribution >= 0.6 is 0 Å². The summed E-state index contributed by atoms with van der Waals surface area (Å²) in [5.41, 5.74) is 3.45. The van der Waals surface area contributed by atoms with Crippen LogP contribution in [-0.4, -0.2) is 32.9 Å². The van der Waals surface area contributed by atoms with Gasteiger partial charge in [-0.25, -0.2) is 8.42 Å². The van der Waals surface area contributed by atoms with E-state index in [4.69, 9.17) is 4.74 Å². The summed E-state index contributed by atoms with van der Waals surface area (Å²) < 4.78 is 32.2. The van der Waals surface area contributed by atoms with Gasteiger partial charge in [0, 0.05) is 13.1 Å². The van der Waals surface area contributed by atoms with Crippen LogP contribution in [-0.2, 0) is 10.0 Å². The van der Waals surface area contributed by atoms with Gasteiger partial charge in [0.15, 0.2) is 0 Å². The topological polar surface area (TPSA) is 46.6 Å². The lowest BCUT2D eigenvalue weighted by Crippen LogP contribution is -2.36. The van der Waals surface area contributed by atoms with E-state index in [1.54, 1.807) is 23.5 Å². The Labute approximate surface area is 149 Å². The Balaban J connectivity index is 1.68. The molecule has 0 saturated carbocycles. The fourth-order valence-corrected chi connectivity index (χ4v) is 4.39. The Morgan fingerprint density at radius 1 is 0.960 bits per heavy atom. The van der Waals surface area contributed by atoms with E-state index >= 15 is 0 Å². The number of benzene rings is 2. The first kappa shape index (κ1) is 17.7. The quantitative estimate of drug-likeness (QED) is 0.834. The first-order valence-electron chi connectivity index (χ1n) is 8.39. The highest BCUT2D eigenvalue weighted by Crippen LogP contribution is 2.25. The van der Waals surface area contributed by atoms with Crippen molar-refractivity contribution >= 4 is 16.1 Å². The van der Waals surface area contributed by atoms with Crippen molar-refractivity contribution in [2.24, 2.45) is 0 Å². The molecule has 25 heavy (non-hydrogen) atoms. The molecule has 2 aromatic carbocycles. The highest BCUT2D eigenvalue weighted by molar-refractivity contribution is 7.89. The maximum Gasteiger partial charge on any atom is 0.243 e. The minimum atomic E-state index is -3.39. The number of piperidine rings is 1. The summed E-state index contributed by atoms with van der Waals surface area (Å²) in [6.07, 6.45) is 3.67. The van der Waals surface area contributed by atoms with Crippen molar-refractivity contribution in [3.8, 4) is 5.75 Å². The molecule has 4 nitrogen and oxygen atoms in total.